The first kappa shape index (κ1) is 13.4. The van der Waals surface area contributed by atoms with Gasteiger partial charge in [-0.25, -0.2) is 19.9 Å². The third-order valence-electron chi connectivity index (χ3n) is 2.82. The molecule has 2 aromatic heterocycles. The summed E-state index contributed by atoms with van der Waals surface area (Å²) < 4.78 is 1.66. The van der Waals surface area contributed by atoms with Gasteiger partial charge in [-0.1, -0.05) is 11.6 Å². The van der Waals surface area contributed by atoms with Crippen LogP contribution in [0.2, 0.25) is 5.02 Å². The van der Waals surface area contributed by atoms with E-state index in [1.807, 2.05) is 6.92 Å². The molecule has 1 fully saturated rings. The molecule has 20 heavy (non-hydrogen) atoms. The molecule has 0 amide bonds. The van der Waals surface area contributed by atoms with Crippen LogP contribution >= 0.6 is 23.4 Å². The van der Waals surface area contributed by atoms with Gasteiger partial charge in [0.15, 0.2) is 5.16 Å². The van der Waals surface area contributed by atoms with Crippen molar-refractivity contribution in [1.29, 1.82) is 0 Å². The van der Waals surface area contributed by atoms with Crippen LogP contribution in [0.15, 0.2) is 21.2 Å². The highest BCUT2D eigenvalue weighted by Gasteiger charge is 2.29. The number of nitrogens with zero attached hydrogens (tertiary/aromatic N) is 4. The monoisotopic (exact) mass is 312 g/mol. The van der Waals surface area contributed by atoms with Crippen molar-refractivity contribution in [1.82, 2.24) is 24.7 Å². The Balaban J connectivity index is 1.91. The molecule has 1 aliphatic rings. The first-order chi connectivity index (χ1) is 9.69. The van der Waals surface area contributed by atoms with E-state index >= 15 is 0 Å². The lowest BCUT2D eigenvalue weighted by atomic mass is 10.6. The van der Waals surface area contributed by atoms with E-state index in [2.05, 4.69) is 25.5 Å². The summed E-state index contributed by atoms with van der Waals surface area (Å²) >= 11 is 7.37. The Morgan fingerprint density at radius 3 is 3.10 bits per heavy atom. The van der Waals surface area contributed by atoms with Crippen LogP contribution in [0, 0.1) is 0 Å². The SMILES string of the molecule is CCNc1ncc(Cl)c(Sc2n[nH]c(=O)n2C2CC2)n1. The quantitative estimate of drug-likeness (QED) is 0.820. The second kappa shape index (κ2) is 5.45. The molecule has 1 aliphatic carbocycles. The average Bonchev–Trinajstić information content (AvgIpc) is 3.19. The van der Waals surface area contributed by atoms with Gasteiger partial charge in [0.2, 0.25) is 5.95 Å². The van der Waals surface area contributed by atoms with Gasteiger partial charge in [0, 0.05) is 12.6 Å². The summed E-state index contributed by atoms with van der Waals surface area (Å²) in [7, 11) is 0. The molecule has 9 heteroatoms. The Hall–Kier alpha value is -1.54. The standard InChI is InChI=1S/C11H13ClN6OS/c1-2-13-9-14-5-7(12)8(15-9)20-11-17-16-10(19)18(11)6-3-4-6/h5-6H,2-4H2,1H3,(H,16,19)(H,13,14,15). The largest absolute Gasteiger partial charge is 0.354 e. The van der Waals surface area contributed by atoms with Gasteiger partial charge in [-0.15, -0.1) is 5.10 Å². The van der Waals surface area contributed by atoms with Crippen LogP contribution in [0.5, 0.6) is 0 Å². The van der Waals surface area contributed by atoms with E-state index in [9.17, 15) is 4.79 Å². The molecule has 3 rings (SSSR count). The Labute approximate surface area is 124 Å². The summed E-state index contributed by atoms with van der Waals surface area (Å²) in [5.41, 5.74) is -0.188. The number of halogens is 1. The second-order valence-corrected chi connectivity index (χ2v) is 5.75. The summed E-state index contributed by atoms with van der Waals surface area (Å²) in [5.74, 6) is 0.509. The van der Waals surface area contributed by atoms with E-state index in [1.165, 1.54) is 11.8 Å². The van der Waals surface area contributed by atoms with Crippen molar-refractivity contribution >= 4 is 29.3 Å². The van der Waals surface area contributed by atoms with Gasteiger partial charge in [0.25, 0.3) is 0 Å². The predicted octanol–water partition coefficient (Wildman–Crippen LogP) is 1.93. The average molecular weight is 313 g/mol. The van der Waals surface area contributed by atoms with Crippen LogP contribution < -0.4 is 11.0 Å². The van der Waals surface area contributed by atoms with Crippen LogP contribution in [0.25, 0.3) is 0 Å². The number of aromatic amines is 1. The number of hydrogen-bond donors (Lipinski definition) is 2. The molecule has 0 unspecified atom stereocenters. The molecular weight excluding hydrogens is 300 g/mol. The molecule has 1 saturated carbocycles. The maximum Gasteiger partial charge on any atom is 0.344 e. The first-order valence-electron chi connectivity index (χ1n) is 6.30. The van der Waals surface area contributed by atoms with Gasteiger partial charge in [0.05, 0.1) is 11.2 Å². The van der Waals surface area contributed by atoms with E-state index in [4.69, 9.17) is 11.6 Å². The number of aromatic nitrogens is 5. The van der Waals surface area contributed by atoms with Gasteiger partial charge in [-0.05, 0) is 31.5 Å². The van der Waals surface area contributed by atoms with Gasteiger partial charge < -0.3 is 5.32 Å². The van der Waals surface area contributed by atoms with E-state index in [0.717, 1.165) is 19.4 Å². The van der Waals surface area contributed by atoms with Crippen LogP contribution in [0.4, 0.5) is 5.95 Å². The van der Waals surface area contributed by atoms with Gasteiger partial charge in [-0.3, -0.25) is 4.57 Å². The van der Waals surface area contributed by atoms with Gasteiger partial charge in [-0.2, -0.15) is 0 Å². The van der Waals surface area contributed by atoms with E-state index in [0.29, 0.717) is 21.2 Å². The lowest BCUT2D eigenvalue weighted by Gasteiger charge is -2.06. The molecule has 0 bridgehead atoms. The van der Waals surface area contributed by atoms with Crippen LogP contribution in [0.3, 0.4) is 0 Å². The van der Waals surface area contributed by atoms with Crippen LogP contribution in [0.1, 0.15) is 25.8 Å². The molecule has 0 saturated heterocycles. The van der Waals surface area contributed by atoms with Crippen LogP contribution in [-0.2, 0) is 0 Å². The zero-order valence-electron chi connectivity index (χ0n) is 10.8. The Kier molecular flexibility index (Phi) is 3.66. The van der Waals surface area contributed by atoms with E-state index in [-0.39, 0.29) is 11.7 Å². The number of nitrogens with one attached hydrogen (secondary N) is 2. The normalized spacial score (nSPS) is 14.5. The van der Waals surface area contributed by atoms with Crippen molar-refractivity contribution in [3.05, 3.63) is 21.7 Å². The number of hydrogen-bond acceptors (Lipinski definition) is 6. The van der Waals surface area contributed by atoms with Crippen LogP contribution in [-0.4, -0.2) is 31.3 Å². The maximum atomic E-state index is 11.7. The van der Waals surface area contributed by atoms with Crippen molar-refractivity contribution in [3.63, 3.8) is 0 Å². The number of H-pyrrole nitrogens is 1. The molecule has 2 N–H and O–H groups in total. The minimum atomic E-state index is -0.188. The van der Waals surface area contributed by atoms with Gasteiger partial charge in [0.1, 0.15) is 5.03 Å². The topological polar surface area (TPSA) is 88.5 Å². The molecule has 106 valence electrons. The summed E-state index contributed by atoms with van der Waals surface area (Å²) in [6, 6.07) is 0.248. The summed E-state index contributed by atoms with van der Waals surface area (Å²) in [5, 5.41) is 11.1. The van der Waals surface area contributed by atoms with Crippen molar-refractivity contribution < 1.29 is 0 Å². The Bertz CT molecular complexity index is 680. The molecule has 2 heterocycles. The van der Waals surface area contributed by atoms with Crippen molar-refractivity contribution in [2.45, 2.75) is 36.0 Å². The maximum absolute atomic E-state index is 11.7. The third-order valence-corrected chi connectivity index (χ3v) is 4.18. The first-order valence-corrected chi connectivity index (χ1v) is 7.49. The summed E-state index contributed by atoms with van der Waals surface area (Å²) in [4.78, 5) is 20.1. The van der Waals surface area contributed by atoms with Gasteiger partial charge >= 0.3 is 5.69 Å². The minimum Gasteiger partial charge on any atom is -0.354 e. The smallest absolute Gasteiger partial charge is 0.344 e. The minimum absolute atomic E-state index is 0.188. The number of anilines is 1. The van der Waals surface area contributed by atoms with E-state index in [1.54, 1.807) is 10.8 Å². The highest BCUT2D eigenvalue weighted by atomic mass is 35.5. The zero-order chi connectivity index (χ0) is 14.1. The highest BCUT2D eigenvalue weighted by Crippen LogP contribution is 2.38. The fourth-order valence-corrected chi connectivity index (χ4v) is 2.85. The third kappa shape index (κ3) is 2.66. The predicted molar refractivity (Wildman–Crippen MR) is 76.4 cm³/mol. The summed E-state index contributed by atoms with van der Waals surface area (Å²) in [6.07, 6.45) is 3.56. The van der Waals surface area contributed by atoms with Crippen molar-refractivity contribution in [2.24, 2.45) is 0 Å². The number of rotatable bonds is 5. The molecule has 0 spiro atoms. The molecule has 0 aromatic carbocycles. The molecule has 2 aromatic rings. The zero-order valence-corrected chi connectivity index (χ0v) is 12.3. The molecule has 0 aliphatic heterocycles. The lowest BCUT2D eigenvalue weighted by Crippen LogP contribution is -2.16. The van der Waals surface area contributed by atoms with Crippen molar-refractivity contribution in [3.8, 4) is 0 Å². The fourth-order valence-electron chi connectivity index (χ4n) is 1.77. The second-order valence-electron chi connectivity index (χ2n) is 4.39. The molecular formula is C11H13ClN6OS. The Morgan fingerprint density at radius 2 is 2.40 bits per heavy atom. The molecule has 0 atom stereocenters. The van der Waals surface area contributed by atoms with Crippen molar-refractivity contribution in [2.75, 3.05) is 11.9 Å². The molecule has 0 radical (unpaired) electrons. The highest BCUT2D eigenvalue weighted by molar-refractivity contribution is 7.99. The Morgan fingerprint density at radius 1 is 1.60 bits per heavy atom. The lowest BCUT2D eigenvalue weighted by molar-refractivity contribution is 0.642. The molecule has 7 nitrogen and oxygen atoms in total. The fraction of sp³-hybridized carbons (Fsp3) is 0.455. The summed E-state index contributed by atoms with van der Waals surface area (Å²) in [6.45, 7) is 2.68. The van der Waals surface area contributed by atoms with E-state index < -0.39 is 0 Å².